The van der Waals surface area contributed by atoms with Crippen LogP contribution < -0.4 is 5.32 Å². The summed E-state index contributed by atoms with van der Waals surface area (Å²) >= 11 is 6.51. The highest BCUT2D eigenvalue weighted by Gasteiger charge is 2.40. The summed E-state index contributed by atoms with van der Waals surface area (Å²) in [5, 5.41) is 3.52. The van der Waals surface area contributed by atoms with Gasteiger partial charge in [-0.3, -0.25) is 0 Å². The molecule has 0 saturated carbocycles. The predicted octanol–water partition coefficient (Wildman–Crippen LogP) is 4.01. The van der Waals surface area contributed by atoms with E-state index >= 15 is 0 Å². The topological polar surface area (TPSA) is 80.2 Å². The fourth-order valence-corrected chi connectivity index (χ4v) is 3.37. The van der Waals surface area contributed by atoms with Crippen LogP contribution in [-0.2, 0) is 19.1 Å². The van der Waals surface area contributed by atoms with Crippen LogP contribution in [0.15, 0.2) is 51.9 Å². The number of halogens is 1. The van der Waals surface area contributed by atoms with Gasteiger partial charge in [0.2, 0.25) is 0 Å². The number of hydrogen-bond acceptors (Lipinski definition) is 6. The van der Waals surface area contributed by atoms with Crippen LogP contribution in [0.5, 0.6) is 0 Å². The number of carbonyl (C=O) groups is 2. The molecule has 2 rings (SSSR count). The third kappa shape index (κ3) is 5.88. The van der Waals surface area contributed by atoms with Gasteiger partial charge >= 0.3 is 11.9 Å². The van der Waals surface area contributed by atoms with Crippen LogP contribution in [0.25, 0.3) is 0 Å². The molecule has 0 amide bonds. The summed E-state index contributed by atoms with van der Waals surface area (Å²) < 4.78 is 11.0. The molecule has 0 spiro atoms. The standard InChI is InChI=1S/C23H30ClN3O4/c1-7-14(3)31-23(29)18-15(4)26-21(25-13-27(5)6)20(22(28)30-8-2)19(18)16-11-9-10-12-17(16)24/h9-14,19,26H,7-8H2,1-6H3. The summed E-state index contributed by atoms with van der Waals surface area (Å²) in [6, 6.07) is 7.10. The second-order valence-electron chi connectivity index (χ2n) is 7.43. The van der Waals surface area contributed by atoms with Crippen molar-refractivity contribution in [3.05, 3.63) is 57.5 Å². The Labute approximate surface area is 188 Å². The summed E-state index contributed by atoms with van der Waals surface area (Å²) in [5.41, 5.74) is 1.65. The average molecular weight is 448 g/mol. The van der Waals surface area contributed by atoms with E-state index in [1.165, 1.54) is 0 Å². The van der Waals surface area contributed by atoms with Crippen LogP contribution in [0.2, 0.25) is 5.02 Å². The lowest BCUT2D eigenvalue weighted by Crippen LogP contribution is -2.34. The summed E-state index contributed by atoms with van der Waals surface area (Å²) in [6.45, 7) is 7.41. The summed E-state index contributed by atoms with van der Waals surface area (Å²) in [7, 11) is 3.64. The fraction of sp³-hybridized carbons (Fsp3) is 0.435. The molecule has 0 radical (unpaired) electrons. The third-order valence-corrected chi connectivity index (χ3v) is 5.12. The minimum absolute atomic E-state index is 0.178. The minimum atomic E-state index is -0.792. The molecule has 0 fully saturated rings. The molecule has 0 aromatic heterocycles. The molecule has 1 aromatic carbocycles. The zero-order valence-electron chi connectivity index (χ0n) is 18.9. The molecule has 1 aliphatic rings. The van der Waals surface area contributed by atoms with Crippen molar-refractivity contribution in [2.24, 2.45) is 4.99 Å². The van der Waals surface area contributed by atoms with Crippen molar-refractivity contribution in [1.82, 2.24) is 10.2 Å². The first-order valence-corrected chi connectivity index (χ1v) is 10.6. The monoisotopic (exact) mass is 447 g/mol. The van der Waals surface area contributed by atoms with Gasteiger partial charge in [-0.2, -0.15) is 0 Å². The van der Waals surface area contributed by atoms with Gasteiger partial charge in [-0.15, -0.1) is 0 Å². The number of dihydropyridines is 1. The lowest BCUT2D eigenvalue weighted by molar-refractivity contribution is -0.144. The van der Waals surface area contributed by atoms with Crippen molar-refractivity contribution < 1.29 is 19.1 Å². The molecule has 1 aliphatic heterocycles. The van der Waals surface area contributed by atoms with Gasteiger partial charge in [-0.05, 0) is 38.8 Å². The molecule has 1 aromatic rings. The van der Waals surface area contributed by atoms with Gasteiger partial charge in [0, 0.05) is 24.8 Å². The Hall–Kier alpha value is -2.80. The first-order valence-electron chi connectivity index (χ1n) is 10.3. The number of allylic oxidation sites excluding steroid dienone is 1. The Balaban J connectivity index is 2.75. The molecular formula is C23H30ClN3O4. The molecule has 2 atom stereocenters. The van der Waals surface area contributed by atoms with Gasteiger partial charge in [-0.1, -0.05) is 36.7 Å². The first-order chi connectivity index (χ1) is 14.7. The lowest BCUT2D eigenvalue weighted by Gasteiger charge is -2.31. The second-order valence-corrected chi connectivity index (χ2v) is 7.84. The molecule has 2 unspecified atom stereocenters. The zero-order valence-corrected chi connectivity index (χ0v) is 19.6. The van der Waals surface area contributed by atoms with E-state index in [0.717, 1.165) is 0 Å². The molecule has 0 aliphatic carbocycles. The van der Waals surface area contributed by atoms with Crippen molar-refractivity contribution in [2.45, 2.75) is 46.1 Å². The second kappa shape index (κ2) is 11.0. The number of aliphatic imine (C=N–C) groups is 1. The van der Waals surface area contributed by atoms with Crippen molar-refractivity contribution in [3.8, 4) is 0 Å². The van der Waals surface area contributed by atoms with E-state index in [1.54, 1.807) is 43.3 Å². The number of nitrogens with one attached hydrogen (secondary N) is 1. The maximum absolute atomic E-state index is 13.2. The Kier molecular flexibility index (Phi) is 8.68. The van der Waals surface area contributed by atoms with Crippen LogP contribution >= 0.6 is 11.6 Å². The Morgan fingerprint density at radius 3 is 2.48 bits per heavy atom. The maximum atomic E-state index is 13.2. The molecule has 8 heteroatoms. The highest BCUT2D eigenvalue weighted by Crippen LogP contribution is 2.42. The fourth-order valence-electron chi connectivity index (χ4n) is 3.13. The van der Waals surface area contributed by atoms with Crippen LogP contribution in [0.3, 0.4) is 0 Å². The van der Waals surface area contributed by atoms with Crippen molar-refractivity contribution in [3.63, 3.8) is 0 Å². The maximum Gasteiger partial charge on any atom is 0.338 e. The molecule has 7 nitrogen and oxygen atoms in total. The van der Waals surface area contributed by atoms with Gasteiger partial charge in [0.1, 0.15) is 5.82 Å². The number of ether oxygens (including phenoxy) is 2. The van der Waals surface area contributed by atoms with Gasteiger partial charge in [-0.25, -0.2) is 14.6 Å². The third-order valence-electron chi connectivity index (χ3n) is 4.77. The molecule has 1 N–H and O–H groups in total. The largest absolute Gasteiger partial charge is 0.463 e. The highest BCUT2D eigenvalue weighted by atomic mass is 35.5. The summed E-state index contributed by atoms with van der Waals surface area (Å²) in [6.07, 6.45) is 1.96. The Morgan fingerprint density at radius 1 is 1.23 bits per heavy atom. The molecule has 1 heterocycles. The smallest absolute Gasteiger partial charge is 0.338 e. The zero-order chi connectivity index (χ0) is 23.1. The van der Waals surface area contributed by atoms with Gasteiger partial charge in [0.15, 0.2) is 0 Å². The lowest BCUT2D eigenvalue weighted by atomic mass is 9.81. The highest BCUT2D eigenvalue weighted by molar-refractivity contribution is 6.31. The van der Waals surface area contributed by atoms with E-state index in [1.807, 2.05) is 34.0 Å². The quantitative estimate of drug-likeness (QED) is 0.368. The van der Waals surface area contributed by atoms with E-state index in [0.29, 0.717) is 34.1 Å². The van der Waals surface area contributed by atoms with Crippen molar-refractivity contribution >= 4 is 29.9 Å². The molecular weight excluding hydrogens is 418 g/mol. The Morgan fingerprint density at radius 2 is 1.90 bits per heavy atom. The van der Waals surface area contributed by atoms with Crippen molar-refractivity contribution in [2.75, 3.05) is 20.7 Å². The van der Waals surface area contributed by atoms with E-state index in [2.05, 4.69) is 10.3 Å². The number of esters is 2. The van der Waals surface area contributed by atoms with Gasteiger partial charge in [0.05, 0.1) is 36.1 Å². The number of hydrogen-bond donors (Lipinski definition) is 1. The molecule has 0 bridgehead atoms. The summed E-state index contributed by atoms with van der Waals surface area (Å²) in [4.78, 5) is 32.4. The van der Waals surface area contributed by atoms with Crippen LogP contribution in [0.4, 0.5) is 0 Å². The first kappa shape index (κ1) is 24.5. The molecule has 168 valence electrons. The predicted molar refractivity (Wildman–Crippen MR) is 122 cm³/mol. The van der Waals surface area contributed by atoms with Gasteiger partial charge < -0.3 is 19.7 Å². The van der Waals surface area contributed by atoms with Crippen LogP contribution in [-0.4, -0.2) is 50.0 Å². The number of rotatable bonds is 8. The SMILES string of the molecule is CCOC(=O)C1=C(N=CN(C)C)NC(C)=C(C(=O)OC(C)CC)C1c1ccccc1Cl. The minimum Gasteiger partial charge on any atom is -0.463 e. The summed E-state index contributed by atoms with van der Waals surface area (Å²) in [5.74, 6) is -1.58. The number of nitrogens with zero attached hydrogens (tertiary/aromatic N) is 2. The van der Waals surface area contributed by atoms with Gasteiger partial charge in [0.25, 0.3) is 0 Å². The Bertz CT molecular complexity index is 921. The van der Waals surface area contributed by atoms with Crippen LogP contribution in [0.1, 0.15) is 45.6 Å². The van der Waals surface area contributed by atoms with Crippen molar-refractivity contribution in [1.29, 1.82) is 0 Å². The van der Waals surface area contributed by atoms with E-state index in [-0.39, 0.29) is 18.3 Å². The average Bonchev–Trinajstić information content (AvgIpc) is 2.71. The van der Waals surface area contributed by atoms with E-state index < -0.39 is 17.9 Å². The van der Waals surface area contributed by atoms with Crippen LogP contribution in [0, 0.1) is 0 Å². The normalized spacial score (nSPS) is 17.5. The van der Waals surface area contributed by atoms with E-state index in [4.69, 9.17) is 21.1 Å². The molecule has 31 heavy (non-hydrogen) atoms. The van der Waals surface area contributed by atoms with E-state index in [9.17, 15) is 9.59 Å². The molecule has 0 saturated heterocycles. The number of carbonyl (C=O) groups excluding carboxylic acids is 2. The number of benzene rings is 1.